The molecule has 0 fully saturated rings. The van der Waals surface area contributed by atoms with E-state index < -0.39 is 18.2 Å². The van der Waals surface area contributed by atoms with Gasteiger partial charge >= 0.3 is 37.7 Å². The largest absolute Gasteiger partial charge is 2.00 e. The summed E-state index contributed by atoms with van der Waals surface area (Å²) in [6.45, 7) is 2.90. The fourth-order valence-corrected chi connectivity index (χ4v) is 2.79. The number of nitriles is 1. The Kier molecular flexibility index (Phi) is 15.5. The van der Waals surface area contributed by atoms with Crippen LogP contribution in [0.1, 0.15) is 25.0 Å². The molecule has 0 aliphatic heterocycles. The van der Waals surface area contributed by atoms with Crippen molar-refractivity contribution in [2.45, 2.75) is 38.6 Å². The van der Waals surface area contributed by atoms with Gasteiger partial charge in [0.1, 0.15) is 36.9 Å². The van der Waals surface area contributed by atoms with Crippen LogP contribution in [0.2, 0.25) is 5.02 Å². The molecule has 6 nitrogen and oxygen atoms in total. The first-order valence-electron chi connectivity index (χ1n) is 9.33. The summed E-state index contributed by atoms with van der Waals surface area (Å²) in [6, 6.07) is 13.1. The van der Waals surface area contributed by atoms with Gasteiger partial charge in [0.2, 0.25) is 0 Å². The molecule has 0 unspecified atom stereocenters. The molecule has 0 N–H and O–H groups in total. The number of ether oxygens (including phenoxy) is 3. The molecule has 0 aromatic heterocycles. The second-order valence-corrected chi connectivity index (χ2v) is 7.25. The minimum atomic E-state index is -1.45. The molecular formula is C22H23CaClFINO5+. The maximum Gasteiger partial charge on any atom is 2.00 e. The summed E-state index contributed by atoms with van der Waals surface area (Å²) in [7, 11) is 0. The van der Waals surface area contributed by atoms with E-state index in [1.165, 1.54) is 12.1 Å². The number of alkyl halides is 1. The summed E-state index contributed by atoms with van der Waals surface area (Å²) < 4.78 is 30.3. The van der Waals surface area contributed by atoms with Crippen LogP contribution in [-0.2, 0) is 16.0 Å². The summed E-state index contributed by atoms with van der Waals surface area (Å²) in [5.41, 5.74) is 0.878. The van der Waals surface area contributed by atoms with Crippen molar-refractivity contribution in [2.24, 2.45) is 0 Å². The second kappa shape index (κ2) is 15.9. The van der Waals surface area contributed by atoms with Crippen molar-refractivity contribution in [1.29, 1.82) is 5.26 Å². The van der Waals surface area contributed by atoms with Gasteiger partial charge in [0.25, 0.3) is 0 Å². The molecule has 0 saturated carbocycles. The number of carbonyl (C=O) groups is 1. The van der Waals surface area contributed by atoms with Gasteiger partial charge < -0.3 is 24.1 Å². The molecule has 0 bridgehead atoms. The van der Waals surface area contributed by atoms with Crippen LogP contribution in [0.15, 0.2) is 42.5 Å². The van der Waals surface area contributed by atoms with E-state index in [1.807, 2.05) is 6.07 Å². The zero-order chi connectivity index (χ0) is 22.1. The molecule has 32 heavy (non-hydrogen) atoms. The van der Waals surface area contributed by atoms with Crippen LogP contribution < -0.4 is 14.6 Å². The molecular weight excluding hydrogens is 580 g/mol. The molecule has 2 aromatic carbocycles. The van der Waals surface area contributed by atoms with Crippen LogP contribution in [0, 0.1) is 11.3 Å². The molecule has 0 amide bonds. The fourth-order valence-electron chi connectivity index (χ4n) is 2.62. The number of rotatable bonds is 11. The zero-order valence-electron chi connectivity index (χ0n) is 17.8. The Bertz CT molecular complexity index is 912. The topological polar surface area (TPSA) is 91.6 Å². The Hall–Kier alpha value is -0.830. The van der Waals surface area contributed by atoms with Gasteiger partial charge in [-0.2, -0.15) is 5.26 Å². The molecule has 10 heteroatoms. The molecule has 0 aliphatic rings. The first-order valence-corrected chi connectivity index (χ1v) is 9.71. The van der Waals surface area contributed by atoms with E-state index in [0.29, 0.717) is 16.3 Å². The monoisotopic (exact) mass is 602 g/mol. The maximum absolute atomic E-state index is 14.2. The van der Waals surface area contributed by atoms with Gasteiger partial charge in [-0.3, -0.25) is 0 Å². The van der Waals surface area contributed by atoms with Crippen molar-refractivity contribution in [3.05, 3.63) is 58.6 Å². The third-order valence-electron chi connectivity index (χ3n) is 3.93. The molecule has 0 aliphatic carbocycles. The van der Waals surface area contributed by atoms with Crippen molar-refractivity contribution < 1.29 is 28.5 Å². The van der Waals surface area contributed by atoms with Crippen LogP contribution in [0.25, 0.3) is 0 Å². The third-order valence-corrected chi connectivity index (χ3v) is 4.17. The number of benzene rings is 2. The first kappa shape index (κ1) is 31.2. The standard InChI is InChI=1S/C22H23ClFNO5.Ca.HI/c1-14(2)30-21(22(26)27)9-15-4-3-5-19(8-15)28-12-18(24)13-29-20-7-6-17(23)10-16(20)11-25;;/h3-8,10,14,18,21H,9,12-13H2,1-2H3,(H,26,27);;1H/q;+2;/p-1/t18-,21-;;/m0../s1. The molecule has 0 heterocycles. The van der Waals surface area contributed by atoms with Crippen LogP contribution in [0.3, 0.4) is 0 Å². The summed E-state index contributed by atoms with van der Waals surface area (Å²) in [6.07, 6.45) is -2.69. The summed E-state index contributed by atoms with van der Waals surface area (Å²) >= 11 is 5.82. The minimum Gasteiger partial charge on any atom is -0.547 e. The van der Waals surface area contributed by atoms with E-state index in [2.05, 4.69) is 0 Å². The van der Waals surface area contributed by atoms with Crippen molar-refractivity contribution >= 4 is 79.3 Å². The van der Waals surface area contributed by atoms with Crippen molar-refractivity contribution in [3.63, 3.8) is 0 Å². The van der Waals surface area contributed by atoms with Gasteiger partial charge in [0.15, 0.2) is 6.17 Å². The second-order valence-electron chi connectivity index (χ2n) is 6.82. The summed E-state index contributed by atoms with van der Waals surface area (Å²) in [4.78, 5) is 11.2. The Balaban J connectivity index is 0.00000480. The quantitative estimate of drug-likeness (QED) is 0.290. The van der Waals surface area contributed by atoms with E-state index in [-0.39, 0.29) is 98.8 Å². The van der Waals surface area contributed by atoms with Gasteiger partial charge in [-0.05, 0) is 49.7 Å². The van der Waals surface area contributed by atoms with Crippen LogP contribution in [0.5, 0.6) is 11.5 Å². The van der Waals surface area contributed by atoms with E-state index in [0.717, 1.165) is 0 Å². The number of halogens is 3. The van der Waals surface area contributed by atoms with E-state index in [9.17, 15) is 14.3 Å². The number of aliphatic carboxylic acids is 1. The van der Waals surface area contributed by atoms with Crippen molar-refractivity contribution in [2.75, 3.05) is 13.2 Å². The summed E-state index contributed by atoms with van der Waals surface area (Å²) in [5.74, 6) is -0.666. The number of hydrogen-bond donors (Lipinski definition) is 0. The molecule has 0 saturated heterocycles. The van der Waals surface area contributed by atoms with E-state index in [4.69, 9.17) is 31.1 Å². The predicted octanol–water partition coefficient (Wildman–Crippen LogP) is 3.33. The first-order chi connectivity index (χ1) is 14.3. The molecule has 0 spiro atoms. The Morgan fingerprint density at radius 3 is 2.50 bits per heavy atom. The molecule has 0 radical (unpaired) electrons. The average molecular weight is 603 g/mol. The van der Waals surface area contributed by atoms with Gasteiger partial charge in [-0.15, -0.1) is 24.0 Å². The number of hydrogen-bond acceptors (Lipinski definition) is 6. The fraction of sp³-hybridized carbons (Fsp3) is 0.364. The smallest absolute Gasteiger partial charge is 0.547 e. The molecule has 2 aromatic rings. The number of nitrogens with zero attached hydrogens (tertiary/aromatic N) is 1. The normalized spacial score (nSPS) is 12.0. The Morgan fingerprint density at radius 2 is 1.88 bits per heavy atom. The number of carboxylic acid groups (broad SMARTS) is 1. The van der Waals surface area contributed by atoms with Crippen LogP contribution >= 0.6 is 35.6 Å². The zero-order valence-corrected chi connectivity index (χ0v) is 23.0. The van der Waals surface area contributed by atoms with E-state index >= 15 is 0 Å². The maximum atomic E-state index is 14.2. The van der Waals surface area contributed by atoms with Crippen LogP contribution in [-0.4, -0.2) is 75.3 Å². The van der Waals surface area contributed by atoms with Crippen LogP contribution in [0.4, 0.5) is 4.39 Å². The minimum absolute atomic E-state index is 0. The van der Waals surface area contributed by atoms with Crippen molar-refractivity contribution in [3.8, 4) is 17.6 Å². The predicted molar refractivity (Wildman–Crippen MR) is 128 cm³/mol. The average Bonchev–Trinajstić information content (AvgIpc) is 2.70. The summed E-state index contributed by atoms with van der Waals surface area (Å²) in [5, 5.41) is 20.7. The molecule has 2 atom stereocenters. The van der Waals surface area contributed by atoms with E-state index in [1.54, 1.807) is 44.2 Å². The SMILES string of the molecule is CC(C)O[C@@H](Cc1cccc(OC[C@H](F)COc2ccc(Cl)cc2C#N)c1)C(=O)[O-].I.[Ca+2]. The molecule has 2 rings (SSSR count). The van der Waals surface area contributed by atoms with Gasteiger partial charge in [0.05, 0.1) is 17.6 Å². The Labute approximate surface area is 239 Å². The number of carboxylic acids is 1. The number of carbonyl (C=O) groups excluding carboxylic acids is 1. The van der Waals surface area contributed by atoms with Gasteiger partial charge in [-0.25, -0.2) is 4.39 Å². The van der Waals surface area contributed by atoms with Gasteiger partial charge in [0, 0.05) is 11.4 Å². The van der Waals surface area contributed by atoms with Gasteiger partial charge in [-0.1, -0.05) is 23.7 Å². The Morgan fingerprint density at radius 1 is 1.19 bits per heavy atom. The molecule has 168 valence electrons. The van der Waals surface area contributed by atoms with Crippen molar-refractivity contribution in [1.82, 2.24) is 0 Å². The third kappa shape index (κ3) is 10.9.